The van der Waals surface area contributed by atoms with Crippen LogP contribution in [-0.2, 0) is 14.3 Å². The van der Waals surface area contributed by atoms with Crippen molar-refractivity contribution in [2.45, 2.75) is 18.9 Å². The molecule has 0 aromatic heterocycles. The Balaban J connectivity index is 1.87. The second kappa shape index (κ2) is 6.89. The van der Waals surface area contributed by atoms with E-state index in [4.69, 9.17) is 26.8 Å². The predicted octanol–water partition coefficient (Wildman–Crippen LogP) is 2.31. The van der Waals surface area contributed by atoms with E-state index in [-0.39, 0.29) is 0 Å². The molecule has 0 spiro atoms. The maximum absolute atomic E-state index is 11.9. The number of ether oxygens (including phenoxy) is 2. The van der Waals surface area contributed by atoms with E-state index >= 15 is 0 Å². The van der Waals surface area contributed by atoms with Gasteiger partial charge in [-0.1, -0.05) is 29.8 Å². The van der Waals surface area contributed by atoms with Crippen molar-refractivity contribution >= 4 is 17.6 Å². The van der Waals surface area contributed by atoms with Crippen LogP contribution in [0.1, 0.15) is 24.4 Å². The fourth-order valence-corrected chi connectivity index (χ4v) is 2.31. The van der Waals surface area contributed by atoms with Crippen molar-refractivity contribution in [3.8, 4) is 0 Å². The average molecular weight is 284 g/mol. The minimum absolute atomic E-state index is 0.371. The summed E-state index contributed by atoms with van der Waals surface area (Å²) in [6, 6.07) is 6.22. The second-order valence-corrected chi connectivity index (χ2v) is 5.09. The maximum atomic E-state index is 11.9. The van der Waals surface area contributed by atoms with Gasteiger partial charge in [0, 0.05) is 18.2 Å². The molecule has 1 aliphatic rings. The molecule has 0 unspecified atom stereocenters. The van der Waals surface area contributed by atoms with E-state index in [1.165, 1.54) is 0 Å². The number of benzene rings is 1. The lowest BCUT2D eigenvalue weighted by atomic mass is 10.0. The van der Waals surface area contributed by atoms with Gasteiger partial charge in [0.2, 0.25) is 0 Å². The van der Waals surface area contributed by atoms with E-state index in [0.29, 0.717) is 23.1 Å². The molecule has 4 nitrogen and oxygen atoms in total. The molecule has 0 bridgehead atoms. The highest BCUT2D eigenvalue weighted by Gasteiger charge is 2.22. The number of hydrogen-bond acceptors (Lipinski definition) is 4. The van der Waals surface area contributed by atoms with Gasteiger partial charge in [-0.2, -0.15) is 0 Å². The molecule has 1 aromatic carbocycles. The number of carbonyl (C=O) groups is 1. The van der Waals surface area contributed by atoms with Gasteiger partial charge in [0.1, 0.15) is 6.04 Å². The molecular formula is C14H18ClNO3. The van der Waals surface area contributed by atoms with Crippen LogP contribution in [0.3, 0.4) is 0 Å². The Bertz CT molecular complexity index is 432. The van der Waals surface area contributed by atoms with Crippen LogP contribution in [0.15, 0.2) is 24.3 Å². The highest BCUT2D eigenvalue weighted by molar-refractivity contribution is 6.31. The van der Waals surface area contributed by atoms with Crippen molar-refractivity contribution in [1.82, 2.24) is 0 Å². The second-order valence-electron chi connectivity index (χ2n) is 4.68. The zero-order chi connectivity index (χ0) is 13.7. The molecule has 1 atom stereocenters. The average Bonchev–Trinajstić information content (AvgIpc) is 2.45. The van der Waals surface area contributed by atoms with Gasteiger partial charge < -0.3 is 15.2 Å². The Kier molecular flexibility index (Phi) is 5.19. The first-order valence-electron chi connectivity index (χ1n) is 6.43. The Morgan fingerprint density at radius 2 is 2.11 bits per heavy atom. The summed E-state index contributed by atoms with van der Waals surface area (Å²) in [6.07, 6.45) is 1.85. The maximum Gasteiger partial charge on any atom is 0.327 e. The third-order valence-corrected chi connectivity index (χ3v) is 3.64. The lowest BCUT2D eigenvalue weighted by Crippen LogP contribution is -2.28. The molecule has 5 heteroatoms. The molecule has 0 aliphatic carbocycles. The van der Waals surface area contributed by atoms with Crippen molar-refractivity contribution in [2.24, 2.45) is 11.7 Å². The van der Waals surface area contributed by atoms with Crippen LogP contribution in [0.2, 0.25) is 5.02 Å². The molecule has 19 heavy (non-hydrogen) atoms. The van der Waals surface area contributed by atoms with Crippen molar-refractivity contribution in [2.75, 3.05) is 19.8 Å². The smallest absolute Gasteiger partial charge is 0.327 e. The van der Waals surface area contributed by atoms with E-state index < -0.39 is 12.0 Å². The van der Waals surface area contributed by atoms with E-state index in [0.717, 1.165) is 26.1 Å². The van der Waals surface area contributed by atoms with Gasteiger partial charge in [0.05, 0.1) is 6.61 Å². The summed E-state index contributed by atoms with van der Waals surface area (Å²) in [5.41, 5.74) is 6.47. The molecule has 0 radical (unpaired) electrons. The minimum Gasteiger partial charge on any atom is -0.464 e. The monoisotopic (exact) mass is 283 g/mol. The van der Waals surface area contributed by atoms with Gasteiger partial charge >= 0.3 is 5.97 Å². The molecular weight excluding hydrogens is 266 g/mol. The van der Waals surface area contributed by atoms with Crippen molar-refractivity contribution in [1.29, 1.82) is 0 Å². The summed E-state index contributed by atoms with van der Waals surface area (Å²) in [4.78, 5) is 11.9. The topological polar surface area (TPSA) is 61.6 Å². The third kappa shape index (κ3) is 3.93. The normalized spacial score (nSPS) is 18.0. The van der Waals surface area contributed by atoms with E-state index in [1.807, 2.05) is 0 Å². The SMILES string of the molecule is N[C@@H](C(=O)OCC1CCOCC1)c1ccccc1Cl. The summed E-state index contributed by atoms with van der Waals surface area (Å²) in [5.74, 6) is -0.0595. The van der Waals surface area contributed by atoms with Crippen LogP contribution in [0.4, 0.5) is 0 Å². The lowest BCUT2D eigenvalue weighted by Gasteiger charge is -2.22. The first kappa shape index (κ1) is 14.3. The predicted molar refractivity (Wildman–Crippen MR) is 72.9 cm³/mol. The van der Waals surface area contributed by atoms with Gasteiger partial charge in [-0.05, 0) is 30.4 Å². The number of rotatable bonds is 4. The molecule has 104 valence electrons. The number of halogens is 1. The van der Waals surface area contributed by atoms with Gasteiger partial charge in [-0.3, -0.25) is 0 Å². The first-order chi connectivity index (χ1) is 9.18. The van der Waals surface area contributed by atoms with Gasteiger partial charge in [-0.25, -0.2) is 4.79 Å². The fourth-order valence-electron chi connectivity index (χ4n) is 2.06. The van der Waals surface area contributed by atoms with Crippen LogP contribution >= 0.6 is 11.6 Å². The molecule has 1 saturated heterocycles. The Morgan fingerprint density at radius 3 is 2.79 bits per heavy atom. The van der Waals surface area contributed by atoms with Crippen LogP contribution in [0.25, 0.3) is 0 Å². The molecule has 1 aromatic rings. The van der Waals surface area contributed by atoms with Crippen LogP contribution in [-0.4, -0.2) is 25.8 Å². The van der Waals surface area contributed by atoms with Gasteiger partial charge in [-0.15, -0.1) is 0 Å². The zero-order valence-corrected chi connectivity index (χ0v) is 11.4. The summed E-state index contributed by atoms with van der Waals surface area (Å²) in [7, 11) is 0. The molecule has 2 rings (SSSR count). The first-order valence-corrected chi connectivity index (χ1v) is 6.80. The van der Waals surface area contributed by atoms with E-state index in [9.17, 15) is 4.79 Å². The van der Waals surface area contributed by atoms with Crippen LogP contribution in [0.5, 0.6) is 0 Å². The number of nitrogens with two attached hydrogens (primary N) is 1. The van der Waals surface area contributed by atoms with Crippen molar-refractivity contribution in [3.05, 3.63) is 34.9 Å². The number of esters is 1. The molecule has 1 heterocycles. The minimum atomic E-state index is -0.825. The Morgan fingerprint density at radius 1 is 1.42 bits per heavy atom. The molecule has 0 amide bonds. The standard InChI is InChI=1S/C14H18ClNO3/c15-12-4-2-1-3-11(12)13(16)14(17)19-9-10-5-7-18-8-6-10/h1-4,10,13H,5-9,16H2/t13-/m1/s1. The van der Waals surface area contributed by atoms with Crippen LogP contribution in [0, 0.1) is 5.92 Å². The van der Waals surface area contributed by atoms with Gasteiger partial charge in [0.25, 0.3) is 0 Å². The Hall–Kier alpha value is -1.10. The van der Waals surface area contributed by atoms with Crippen molar-refractivity contribution < 1.29 is 14.3 Å². The molecule has 1 fully saturated rings. The highest BCUT2D eigenvalue weighted by atomic mass is 35.5. The summed E-state index contributed by atoms with van der Waals surface area (Å²) < 4.78 is 10.5. The van der Waals surface area contributed by atoms with E-state index in [2.05, 4.69) is 0 Å². The zero-order valence-electron chi connectivity index (χ0n) is 10.7. The fraction of sp³-hybridized carbons (Fsp3) is 0.500. The number of hydrogen-bond donors (Lipinski definition) is 1. The number of carbonyl (C=O) groups excluding carboxylic acids is 1. The molecule has 2 N–H and O–H groups in total. The quantitative estimate of drug-likeness (QED) is 0.862. The Labute approximate surface area is 117 Å². The lowest BCUT2D eigenvalue weighted by molar-refractivity contribution is -0.147. The largest absolute Gasteiger partial charge is 0.464 e. The summed E-state index contributed by atoms with van der Waals surface area (Å²) in [6.45, 7) is 1.87. The van der Waals surface area contributed by atoms with Crippen molar-refractivity contribution in [3.63, 3.8) is 0 Å². The summed E-state index contributed by atoms with van der Waals surface area (Å²) >= 11 is 6.01. The third-order valence-electron chi connectivity index (χ3n) is 3.30. The van der Waals surface area contributed by atoms with Gasteiger partial charge in [0.15, 0.2) is 0 Å². The van der Waals surface area contributed by atoms with E-state index in [1.54, 1.807) is 24.3 Å². The van der Waals surface area contributed by atoms with Crippen LogP contribution < -0.4 is 5.73 Å². The molecule has 1 aliphatic heterocycles. The molecule has 0 saturated carbocycles. The summed E-state index contributed by atoms with van der Waals surface area (Å²) in [5, 5.41) is 0.484. The highest BCUT2D eigenvalue weighted by Crippen LogP contribution is 2.22.